The molecule has 4 unspecified atom stereocenters. The molecule has 4 rings (SSSR count). The summed E-state index contributed by atoms with van der Waals surface area (Å²) >= 11 is 0. The summed E-state index contributed by atoms with van der Waals surface area (Å²) in [7, 11) is 0. The molecule has 0 N–H and O–H groups in total. The van der Waals surface area contributed by atoms with Crippen LogP contribution in [0.3, 0.4) is 0 Å². The minimum absolute atomic E-state index is 0.190. The molecule has 4 aliphatic carbocycles. The Labute approximate surface area is 108 Å². The van der Waals surface area contributed by atoms with Crippen molar-refractivity contribution in [2.75, 3.05) is 0 Å². The Balaban J connectivity index is 1.77. The van der Waals surface area contributed by atoms with Crippen LogP contribution in [0.15, 0.2) is 11.1 Å². The molecular weight excluding hydrogens is 224 g/mol. The Kier molecular flexibility index (Phi) is 2.30. The van der Waals surface area contributed by atoms with Crippen LogP contribution in [0.4, 0.5) is 0 Å². The zero-order valence-corrected chi connectivity index (χ0v) is 10.8. The van der Waals surface area contributed by atoms with Crippen molar-refractivity contribution in [3.8, 4) is 0 Å². The predicted molar refractivity (Wildman–Crippen MR) is 67.9 cm³/mol. The standard InChI is InChI=1S/C16H20O2/c17-15-11-7-3-1-5-9(11)13-14(15)10-6-2-4-8-12(10)16(13)18/h9-12H,1-8H2. The third kappa shape index (κ3) is 1.24. The zero-order valence-electron chi connectivity index (χ0n) is 10.8. The summed E-state index contributed by atoms with van der Waals surface area (Å²) in [6.07, 6.45) is 8.98. The predicted octanol–water partition coefficient (Wildman–Crippen LogP) is 3.06. The van der Waals surface area contributed by atoms with Gasteiger partial charge >= 0.3 is 0 Å². The molecule has 0 heterocycles. The minimum Gasteiger partial charge on any atom is -0.294 e. The zero-order chi connectivity index (χ0) is 12.3. The third-order valence-corrected chi connectivity index (χ3v) is 5.77. The quantitative estimate of drug-likeness (QED) is 0.656. The van der Waals surface area contributed by atoms with Gasteiger partial charge in [0.1, 0.15) is 0 Å². The molecule has 0 bridgehead atoms. The normalized spacial score (nSPS) is 42.9. The van der Waals surface area contributed by atoms with Crippen LogP contribution in [0.2, 0.25) is 0 Å². The first-order valence-electron chi connectivity index (χ1n) is 7.61. The van der Waals surface area contributed by atoms with E-state index in [2.05, 4.69) is 0 Å². The van der Waals surface area contributed by atoms with Crippen molar-refractivity contribution in [1.82, 2.24) is 0 Å². The Hall–Kier alpha value is -0.920. The van der Waals surface area contributed by atoms with Gasteiger partial charge in [0.15, 0.2) is 11.6 Å². The van der Waals surface area contributed by atoms with Crippen molar-refractivity contribution in [3.63, 3.8) is 0 Å². The van der Waals surface area contributed by atoms with Gasteiger partial charge in [-0.2, -0.15) is 0 Å². The van der Waals surface area contributed by atoms with Crippen molar-refractivity contribution in [1.29, 1.82) is 0 Å². The largest absolute Gasteiger partial charge is 0.294 e. The fourth-order valence-corrected chi connectivity index (χ4v) is 5.01. The number of fused-ring (bicyclic) bond motifs is 4. The highest BCUT2D eigenvalue weighted by Crippen LogP contribution is 2.55. The van der Waals surface area contributed by atoms with E-state index in [1.54, 1.807) is 0 Å². The minimum atomic E-state index is 0.190. The molecule has 0 aromatic carbocycles. The SMILES string of the molecule is O=C1C2=C(C(=O)C3CCCCC23)C2CCCCC12. The van der Waals surface area contributed by atoms with E-state index in [0.29, 0.717) is 23.4 Å². The molecule has 2 fully saturated rings. The van der Waals surface area contributed by atoms with Gasteiger partial charge in [-0.1, -0.05) is 25.7 Å². The molecule has 0 radical (unpaired) electrons. The number of carbonyl (C=O) groups excluding carboxylic acids is 2. The lowest BCUT2D eigenvalue weighted by atomic mass is 9.72. The molecule has 4 atom stereocenters. The van der Waals surface area contributed by atoms with Crippen LogP contribution >= 0.6 is 0 Å². The molecule has 96 valence electrons. The van der Waals surface area contributed by atoms with E-state index in [0.717, 1.165) is 36.8 Å². The van der Waals surface area contributed by atoms with Crippen LogP contribution in [0.5, 0.6) is 0 Å². The second kappa shape index (κ2) is 3.79. The maximum absolute atomic E-state index is 12.6. The molecule has 0 saturated heterocycles. The van der Waals surface area contributed by atoms with E-state index in [1.165, 1.54) is 25.7 Å². The van der Waals surface area contributed by atoms with Crippen LogP contribution in [0.25, 0.3) is 0 Å². The van der Waals surface area contributed by atoms with Crippen molar-refractivity contribution in [2.24, 2.45) is 23.7 Å². The fraction of sp³-hybridized carbons (Fsp3) is 0.750. The maximum Gasteiger partial charge on any atom is 0.163 e. The van der Waals surface area contributed by atoms with Crippen molar-refractivity contribution in [3.05, 3.63) is 11.1 Å². The molecule has 0 aromatic rings. The van der Waals surface area contributed by atoms with E-state index in [-0.39, 0.29) is 11.8 Å². The van der Waals surface area contributed by atoms with E-state index in [1.807, 2.05) is 0 Å². The highest BCUT2D eigenvalue weighted by atomic mass is 16.1. The van der Waals surface area contributed by atoms with Crippen LogP contribution < -0.4 is 0 Å². The molecule has 0 aliphatic heterocycles. The lowest BCUT2D eigenvalue weighted by Crippen LogP contribution is -2.31. The molecule has 0 amide bonds. The monoisotopic (exact) mass is 244 g/mol. The molecule has 2 nitrogen and oxygen atoms in total. The lowest BCUT2D eigenvalue weighted by Gasteiger charge is -2.30. The summed E-state index contributed by atoms with van der Waals surface area (Å²) in [4.78, 5) is 25.2. The van der Waals surface area contributed by atoms with Gasteiger partial charge in [0.05, 0.1) is 0 Å². The first-order valence-corrected chi connectivity index (χ1v) is 7.61. The highest BCUT2D eigenvalue weighted by molar-refractivity contribution is 6.16. The number of rotatable bonds is 0. The summed E-state index contributed by atoms with van der Waals surface area (Å²) in [5.74, 6) is 1.76. The molecule has 2 heteroatoms. The van der Waals surface area contributed by atoms with Gasteiger partial charge in [0.25, 0.3) is 0 Å². The fourth-order valence-electron chi connectivity index (χ4n) is 5.01. The van der Waals surface area contributed by atoms with Gasteiger partial charge in [-0.15, -0.1) is 0 Å². The molecule has 2 saturated carbocycles. The number of ketones is 2. The highest BCUT2D eigenvalue weighted by Gasteiger charge is 2.54. The van der Waals surface area contributed by atoms with E-state index in [4.69, 9.17) is 0 Å². The van der Waals surface area contributed by atoms with Gasteiger partial charge in [-0.3, -0.25) is 9.59 Å². The smallest absolute Gasteiger partial charge is 0.163 e. The number of Topliss-reactive ketones (excluding diaryl/α,β-unsaturated/α-hetero) is 2. The molecular formula is C16H20O2. The van der Waals surface area contributed by atoms with Crippen LogP contribution in [0, 0.1) is 23.7 Å². The molecule has 18 heavy (non-hydrogen) atoms. The van der Waals surface area contributed by atoms with Crippen molar-refractivity contribution < 1.29 is 9.59 Å². The van der Waals surface area contributed by atoms with Crippen LogP contribution in [0.1, 0.15) is 51.4 Å². The van der Waals surface area contributed by atoms with Gasteiger partial charge in [0, 0.05) is 23.0 Å². The number of hydrogen-bond acceptors (Lipinski definition) is 2. The molecule has 0 aromatic heterocycles. The van der Waals surface area contributed by atoms with E-state index < -0.39 is 0 Å². The first kappa shape index (κ1) is 11.0. The van der Waals surface area contributed by atoms with Crippen molar-refractivity contribution >= 4 is 11.6 Å². The second-order valence-electron chi connectivity index (χ2n) is 6.55. The summed E-state index contributed by atoms with van der Waals surface area (Å²) in [6.45, 7) is 0. The van der Waals surface area contributed by atoms with Crippen LogP contribution in [-0.2, 0) is 9.59 Å². The van der Waals surface area contributed by atoms with Gasteiger partial charge in [0.2, 0.25) is 0 Å². The molecule has 4 aliphatic rings. The lowest BCUT2D eigenvalue weighted by molar-refractivity contribution is -0.123. The Morgan fingerprint density at radius 3 is 1.28 bits per heavy atom. The second-order valence-corrected chi connectivity index (χ2v) is 6.55. The molecule has 0 spiro atoms. The van der Waals surface area contributed by atoms with Crippen molar-refractivity contribution in [2.45, 2.75) is 51.4 Å². The summed E-state index contributed by atoms with van der Waals surface area (Å²) < 4.78 is 0. The first-order chi connectivity index (χ1) is 8.79. The van der Waals surface area contributed by atoms with Gasteiger partial charge < -0.3 is 0 Å². The number of hydrogen-bond donors (Lipinski definition) is 0. The van der Waals surface area contributed by atoms with Gasteiger partial charge in [-0.05, 0) is 37.5 Å². The summed E-state index contributed by atoms with van der Waals surface area (Å²) in [5, 5.41) is 0. The van der Waals surface area contributed by atoms with Crippen LogP contribution in [-0.4, -0.2) is 11.6 Å². The number of allylic oxidation sites excluding steroid dienone is 2. The Morgan fingerprint density at radius 2 is 0.889 bits per heavy atom. The summed E-state index contributed by atoms with van der Waals surface area (Å²) in [5.41, 5.74) is 2.03. The number of carbonyl (C=O) groups is 2. The maximum atomic E-state index is 12.6. The average Bonchev–Trinajstić information content (AvgIpc) is 2.87. The Morgan fingerprint density at radius 1 is 0.556 bits per heavy atom. The topological polar surface area (TPSA) is 34.1 Å². The Bertz CT molecular complexity index is 418. The van der Waals surface area contributed by atoms with E-state index in [9.17, 15) is 9.59 Å². The third-order valence-electron chi connectivity index (χ3n) is 5.77. The van der Waals surface area contributed by atoms with Gasteiger partial charge in [-0.25, -0.2) is 0 Å². The average molecular weight is 244 g/mol. The summed E-state index contributed by atoms with van der Waals surface area (Å²) in [6, 6.07) is 0. The van der Waals surface area contributed by atoms with E-state index >= 15 is 0 Å².